The maximum Gasteiger partial charge on any atom is 0.131 e. The number of rotatable bonds is 12. The van der Waals surface area contributed by atoms with Crippen LogP contribution in [0.4, 0.5) is 0 Å². The van der Waals surface area contributed by atoms with E-state index in [9.17, 15) is 5.26 Å². The van der Waals surface area contributed by atoms with Crippen LogP contribution in [0.15, 0.2) is 66.7 Å². The van der Waals surface area contributed by atoms with Crippen molar-refractivity contribution >= 4 is 0 Å². The molecule has 0 fully saturated rings. The van der Waals surface area contributed by atoms with Gasteiger partial charge in [-0.2, -0.15) is 5.26 Å². The summed E-state index contributed by atoms with van der Waals surface area (Å²) in [5, 5.41) is 9.18. The standard InChI is InChI=1S/C31H37NO2/c1-5-26-20-28(27-16-14-24(2)15-17-27)30(34-22-25-12-8-6-9-13-25)21-29(26)33-19-11-7-10-18-31(3,4)23-32/h6,8-9,12-17,20-21H,5,7,10-11,18-19,22H2,1-4H3. The van der Waals surface area contributed by atoms with Gasteiger partial charge in [0.2, 0.25) is 0 Å². The minimum atomic E-state index is -0.243. The highest BCUT2D eigenvalue weighted by Gasteiger charge is 2.16. The van der Waals surface area contributed by atoms with Crippen LogP contribution in [0.2, 0.25) is 0 Å². The smallest absolute Gasteiger partial charge is 0.131 e. The van der Waals surface area contributed by atoms with Crippen LogP contribution in [0.25, 0.3) is 11.1 Å². The Morgan fingerprint density at radius 1 is 0.853 bits per heavy atom. The highest BCUT2D eigenvalue weighted by atomic mass is 16.5. The zero-order chi connectivity index (χ0) is 24.4. The summed E-state index contributed by atoms with van der Waals surface area (Å²) in [5.74, 6) is 1.74. The van der Waals surface area contributed by atoms with Gasteiger partial charge in [-0.25, -0.2) is 0 Å². The third-order valence-electron chi connectivity index (χ3n) is 6.15. The normalized spacial score (nSPS) is 11.1. The van der Waals surface area contributed by atoms with Gasteiger partial charge >= 0.3 is 0 Å². The number of ether oxygens (including phenoxy) is 2. The van der Waals surface area contributed by atoms with E-state index < -0.39 is 0 Å². The Morgan fingerprint density at radius 2 is 1.59 bits per heavy atom. The van der Waals surface area contributed by atoms with Crippen molar-refractivity contribution < 1.29 is 9.47 Å². The monoisotopic (exact) mass is 455 g/mol. The molecule has 0 saturated heterocycles. The summed E-state index contributed by atoms with van der Waals surface area (Å²) in [6.45, 7) is 9.45. The number of nitriles is 1. The fourth-order valence-electron chi connectivity index (χ4n) is 3.91. The zero-order valence-corrected chi connectivity index (χ0v) is 21.1. The van der Waals surface area contributed by atoms with Gasteiger partial charge in [0.25, 0.3) is 0 Å². The Kier molecular flexibility index (Phi) is 9.16. The Bertz CT molecular complexity index is 1080. The van der Waals surface area contributed by atoms with Crippen LogP contribution < -0.4 is 9.47 Å². The topological polar surface area (TPSA) is 42.2 Å². The first-order valence-electron chi connectivity index (χ1n) is 12.4. The summed E-state index contributed by atoms with van der Waals surface area (Å²) in [5.41, 5.74) is 5.57. The number of hydrogen-bond donors (Lipinski definition) is 0. The molecule has 0 amide bonds. The van der Waals surface area contributed by atoms with Gasteiger partial charge in [-0.15, -0.1) is 0 Å². The first-order valence-corrected chi connectivity index (χ1v) is 12.4. The van der Waals surface area contributed by atoms with Crippen molar-refractivity contribution in [1.29, 1.82) is 5.26 Å². The molecule has 178 valence electrons. The van der Waals surface area contributed by atoms with Crippen LogP contribution in [-0.4, -0.2) is 6.61 Å². The summed E-state index contributed by atoms with van der Waals surface area (Å²) < 4.78 is 12.6. The lowest BCUT2D eigenvalue weighted by atomic mass is 9.89. The predicted octanol–water partition coefficient (Wildman–Crippen LogP) is 8.29. The average molecular weight is 456 g/mol. The number of benzene rings is 3. The first-order chi connectivity index (χ1) is 16.4. The van der Waals surface area contributed by atoms with Crippen molar-refractivity contribution in [3.8, 4) is 28.7 Å². The molecular weight excluding hydrogens is 418 g/mol. The van der Waals surface area contributed by atoms with Crippen LogP contribution in [0.5, 0.6) is 11.5 Å². The highest BCUT2D eigenvalue weighted by Crippen LogP contribution is 2.37. The van der Waals surface area contributed by atoms with Crippen LogP contribution in [0.3, 0.4) is 0 Å². The van der Waals surface area contributed by atoms with Gasteiger partial charge in [-0.3, -0.25) is 0 Å². The molecule has 3 rings (SSSR count). The second-order valence-corrected chi connectivity index (χ2v) is 9.60. The van der Waals surface area contributed by atoms with E-state index in [1.807, 2.05) is 32.0 Å². The Balaban J connectivity index is 1.75. The fourth-order valence-corrected chi connectivity index (χ4v) is 3.91. The molecule has 0 aromatic heterocycles. The van der Waals surface area contributed by atoms with Crippen LogP contribution in [0, 0.1) is 23.7 Å². The zero-order valence-electron chi connectivity index (χ0n) is 21.1. The molecule has 0 aliphatic carbocycles. The predicted molar refractivity (Wildman–Crippen MR) is 140 cm³/mol. The molecular formula is C31H37NO2. The summed E-state index contributed by atoms with van der Waals surface area (Å²) in [6, 6.07) is 25.5. The van der Waals surface area contributed by atoms with E-state index in [0.29, 0.717) is 13.2 Å². The van der Waals surface area contributed by atoms with E-state index in [2.05, 4.69) is 68.4 Å². The quantitative estimate of drug-likeness (QED) is 0.258. The molecule has 3 aromatic carbocycles. The Labute approximate surface area is 205 Å². The largest absolute Gasteiger partial charge is 0.493 e. The molecule has 3 aromatic rings. The van der Waals surface area contributed by atoms with Crippen molar-refractivity contribution in [2.24, 2.45) is 5.41 Å². The lowest BCUT2D eigenvalue weighted by Gasteiger charge is -2.18. The van der Waals surface area contributed by atoms with E-state index in [4.69, 9.17) is 9.47 Å². The van der Waals surface area contributed by atoms with Crippen LogP contribution >= 0.6 is 0 Å². The second-order valence-electron chi connectivity index (χ2n) is 9.60. The lowest BCUT2D eigenvalue weighted by molar-refractivity contribution is 0.286. The Hall–Kier alpha value is -3.25. The van der Waals surface area contributed by atoms with E-state index in [1.165, 1.54) is 11.1 Å². The van der Waals surface area contributed by atoms with Gasteiger partial charge in [0, 0.05) is 11.6 Å². The molecule has 0 spiro atoms. The molecule has 34 heavy (non-hydrogen) atoms. The number of unbranched alkanes of at least 4 members (excludes halogenated alkanes) is 2. The van der Waals surface area contributed by atoms with Gasteiger partial charge < -0.3 is 9.47 Å². The van der Waals surface area contributed by atoms with E-state index in [0.717, 1.165) is 60.3 Å². The summed E-state index contributed by atoms with van der Waals surface area (Å²) in [7, 11) is 0. The molecule has 0 unspecified atom stereocenters. The minimum Gasteiger partial charge on any atom is -0.493 e. The minimum absolute atomic E-state index is 0.243. The van der Waals surface area contributed by atoms with Gasteiger partial charge in [-0.1, -0.05) is 79.9 Å². The van der Waals surface area contributed by atoms with Gasteiger partial charge in [-0.05, 0) is 62.8 Å². The van der Waals surface area contributed by atoms with E-state index in [-0.39, 0.29) is 5.41 Å². The van der Waals surface area contributed by atoms with Crippen LogP contribution in [0.1, 0.15) is 63.1 Å². The number of nitrogens with zero attached hydrogens (tertiary/aromatic N) is 1. The van der Waals surface area contributed by atoms with Crippen LogP contribution in [-0.2, 0) is 13.0 Å². The van der Waals surface area contributed by atoms with Crippen molar-refractivity contribution in [3.63, 3.8) is 0 Å². The van der Waals surface area contributed by atoms with E-state index in [1.54, 1.807) is 0 Å². The van der Waals surface area contributed by atoms with Crippen molar-refractivity contribution in [2.75, 3.05) is 6.61 Å². The third-order valence-corrected chi connectivity index (χ3v) is 6.15. The number of hydrogen-bond acceptors (Lipinski definition) is 3. The molecule has 0 heterocycles. The molecule has 0 radical (unpaired) electrons. The maximum absolute atomic E-state index is 9.18. The van der Waals surface area contributed by atoms with Gasteiger partial charge in [0.05, 0.1) is 18.1 Å². The fraction of sp³-hybridized carbons (Fsp3) is 0.387. The van der Waals surface area contributed by atoms with Crippen molar-refractivity contribution in [3.05, 3.63) is 83.4 Å². The molecule has 0 bridgehead atoms. The van der Waals surface area contributed by atoms with Gasteiger partial charge in [0.15, 0.2) is 0 Å². The van der Waals surface area contributed by atoms with E-state index >= 15 is 0 Å². The van der Waals surface area contributed by atoms with Crippen molar-refractivity contribution in [1.82, 2.24) is 0 Å². The molecule has 0 aliphatic rings. The summed E-state index contributed by atoms with van der Waals surface area (Å²) >= 11 is 0. The average Bonchev–Trinajstić information content (AvgIpc) is 2.86. The molecule has 0 aliphatic heterocycles. The van der Waals surface area contributed by atoms with Crippen molar-refractivity contribution in [2.45, 2.75) is 66.4 Å². The maximum atomic E-state index is 9.18. The molecule has 3 nitrogen and oxygen atoms in total. The molecule has 0 N–H and O–H groups in total. The second kappa shape index (κ2) is 12.3. The molecule has 0 saturated carbocycles. The molecule has 3 heteroatoms. The van der Waals surface area contributed by atoms with Gasteiger partial charge in [0.1, 0.15) is 18.1 Å². The SMILES string of the molecule is CCc1cc(-c2ccc(C)cc2)c(OCc2ccccc2)cc1OCCCCCC(C)(C)C#N. The first kappa shape index (κ1) is 25.4. The summed E-state index contributed by atoms with van der Waals surface area (Å²) in [4.78, 5) is 0. The Morgan fingerprint density at radius 3 is 2.26 bits per heavy atom. The highest BCUT2D eigenvalue weighted by molar-refractivity contribution is 5.73. The summed E-state index contributed by atoms with van der Waals surface area (Å²) in [6.07, 6.45) is 4.90. The number of aryl methyl sites for hydroxylation is 2. The lowest BCUT2D eigenvalue weighted by Crippen LogP contribution is -2.07. The molecule has 0 atom stereocenters. The third kappa shape index (κ3) is 7.39.